The molecule has 0 saturated carbocycles. The van der Waals surface area contributed by atoms with Crippen LogP contribution in [0.3, 0.4) is 0 Å². The van der Waals surface area contributed by atoms with E-state index >= 15 is 0 Å². The number of hydrogen-bond acceptors (Lipinski definition) is 2. The molecule has 0 aliphatic carbocycles. The molecule has 2 unspecified atom stereocenters. The van der Waals surface area contributed by atoms with Gasteiger partial charge in [0.1, 0.15) is 9.84 Å². The Hall–Kier alpha value is -0.0500. The van der Waals surface area contributed by atoms with E-state index in [1.54, 1.807) is 0 Å². The van der Waals surface area contributed by atoms with Gasteiger partial charge >= 0.3 is 0 Å². The maximum Gasteiger partial charge on any atom is 0.150 e. The van der Waals surface area contributed by atoms with Gasteiger partial charge in [-0.2, -0.15) is 0 Å². The standard InChI is InChI=1S/C22H46O2S/c1-7-9-13-21(19(3)4)15-11-17-25(23,24)18-12-16-22(20(5)6)14-10-8-2/h19-22H,7-18H2,1-6H3. The van der Waals surface area contributed by atoms with E-state index in [1.165, 1.54) is 38.5 Å². The molecular weight excluding hydrogens is 328 g/mol. The molecule has 0 N–H and O–H groups in total. The summed E-state index contributed by atoms with van der Waals surface area (Å²) in [5, 5.41) is 0. The van der Waals surface area contributed by atoms with Gasteiger partial charge in [-0.3, -0.25) is 0 Å². The predicted octanol–water partition coefficient (Wildman–Crippen LogP) is 6.89. The Bertz CT molecular complexity index is 366. The molecule has 0 heterocycles. The average Bonchev–Trinajstić information content (AvgIpc) is 2.53. The Morgan fingerprint density at radius 3 is 1.20 bits per heavy atom. The molecule has 152 valence electrons. The topological polar surface area (TPSA) is 34.1 Å². The van der Waals surface area contributed by atoms with E-state index in [0.29, 0.717) is 35.2 Å². The smallest absolute Gasteiger partial charge is 0.150 e. The highest BCUT2D eigenvalue weighted by molar-refractivity contribution is 7.91. The van der Waals surface area contributed by atoms with E-state index in [0.717, 1.165) is 25.7 Å². The van der Waals surface area contributed by atoms with E-state index in [1.807, 2.05) is 0 Å². The van der Waals surface area contributed by atoms with Gasteiger partial charge in [0.15, 0.2) is 0 Å². The number of hydrogen-bond donors (Lipinski definition) is 0. The third-order valence-corrected chi connectivity index (χ3v) is 7.62. The first-order chi connectivity index (χ1) is 11.7. The van der Waals surface area contributed by atoms with Gasteiger partial charge in [-0.15, -0.1) is 0 Å². The summed E-state index contributed by atoms with van der Waals surface area (Å²) in [6.07, 6.45) is 11.3. The number of unbranched alkanes of at least 4 members (excludes halogenated alkanes) is 2. The molecule has 2 nitrogen and oxygen atoms in total. The Kier molecular flexibility index (Phi) is 14.0. The Morgan fingerprint density at radius 2 is 0.920 bits per heavy atom. The normalized spacial score (nSPS) is 15.0. The highest BCUT2D eigenvalue weighted by Gasteiger charge is 2.18. The van der Waals surface area contributed by atoms with Crippen LogP contribution in [0, 0.1) is 23.7 Å². The van der Waals surface area contributed by atoms with Gasteiger partial charge < -0.3 is 0 Å². The second-order valence-electron chi connectivity index (χ2n) is 8.73. The monoisotopic (exact) mass is 374 g/mol. The van der Waals surface area contributed by atoms with Gasteiger partial charge in [0.25, 0.3) is 0 Å². The zero-order chi connectivity index (χ0) is 19.3. The van der Waals surface area contributed by atoms with Gasteiger partial charge in [-0.1, -0.05) is 80.1 Å². The molecule has 3 heteroatoms. The molecule has 0 saturated heterocycles. The van der Waals surface area contributed by atoms with Crippen molar-refractivity contribution in [3.63, 3.8) is 0 Å². The SMILES string of the molecule is CCCCC(CCCS(=O)(=O)CCCC(CCCC)C(C)C)C(C)C. The van der Waals surface area contributed by atoms with Crippen molar-refractivity contribution in [2.75, 3.05) is 11.5 Å². The van der Waals surface area contributed by atoms with Gasteiger partial charge in [-0.05, 0) is 49.4 Å². The molecule has 0 fully saturated rings. The lowest BCUT2D eigenvalue weighted by Crippen LogP contribution is -2.16. The fraction of sp³-hybridized carbons (Fsp3) is 1.00. The van der Waals surface area contributed by atoms with Crippen molar-refractivity contribution in [2.24, 2.45) is 23.7 Å². The molecule has 0 amide bonds. The zero-order valence-electron chi connectivity index (χ0n) is 18.0. The largest absolute Gasteiger partial charge is 0.229 e. The summed E-state index contributed by atoms with van der Waals surface area (Å²) in [6, 6.07) is 0. The van der Waals surface area contributed by atoms with Crippen LogP contribution in [-0.2, 0) is 9.84 Å². The number of rotatable bonds is 16. The third-order valence-electron chi connectivity index (χ3n) is 5.80. The summed E-state index contributed by atoms with van der Waals surface area (Å²) < 4.78 is 24.7. The molecule has 0 bridgehead atoms. The Labute approximate surface area is 159 Å². The van der Waals surface area contributed by atoms with E-state index < -0.39 is 9.84 Å². The van der Waals surface area contributed by atoms with Crippen molar-refractivity contribution in [3.8, 4) is 0 Å². The molecule has 0 radical (unpaired) electrons. The zero-order valence-corrected chi connectivity index (χ0v) is 18.8. The van der Waals surface area contributed by atoms with Crippen molar-refractivity contribution in [2.45, 2.75) is 106 Å². The molecule has 25 heavy (non-hydrogen) atoms. The third kappa shape index (κ3) is 12.9. The van der Waals surface area contributed by atoms with Crippen LogP contribution in [0.5, 0.6) is 0 Å². The van der Waals surface area contributed by atoms with Crippen LogP contribution in [0.25, 0.3) is 0 Å². The Balaban J connectivity index is 4.18. The molecule has 0 aliphatic heterocycles. The van der Waals surface area contributed by atoms with Crippen molar-refractivity contribution in [1.29, 1.82) is 0 Å². The maximum absolute atomic E-state index is 12.4. The van der Waals surface area contributed by atoms with Crippen molar-refractivity contribution < 1.29 is 8.42 Å². The molecule has 0 rings (SSSR count). The second-order valence-corrected chi connectivity index (χ2v) is 11.0. The minimum Gasteiger partial charge on any atom is -0.229 e. The van der Waals surface area contributed by atoms with Gasteiger partial charge in [0.2, 0.25) is 0 Å². The molecule has 0 aromatic rings. The van der Waals surface area contributed by atoms with Crippen molar-refractivity contribution in [1.82, 2.24) is 0 Å². The van der Waals surface area contributed by atoms with E-state index in [-0.39, 0.29) is 0 Å². The lowest BCUT2D eigenvalue weighted by atomic mass is 9.87. The van der Waals surface area contributed by atoms with Crippen LogP contribution in [-0.4, -0.2) is 19.9 Å². The lowest BCUT2D eigenvalue weighted by molar-refractivity contribution is 0.323. The maximum atomic E-state index is 12.4. The van der Waals surface area contributed by atoms with Gasteiger partial charge in [-0.25, -0.2) is 8.42 Å². The van der Waals surface area contributed by atoms with E-state index in [2.05, 4.69) is 41.5 Å². The Morgan fingerprint density at radius 1 is 0.600 bits per heavy atom. The predicted molar refractivity (Wildman–Crippen MR) is 113 cm³/mol. The fourth-order valence-corrected chi connectivity index (χ4v) is 5.20. The first-order valence-corrected chi connectivity index (χ1v) is 12.8. The summed E-state index contributed by atoms with van der Waals surface area (Å²) in [5.41, 5.74) is 0. The van der Waals surface area contributed by atoms with Crippen molar-refractivity contribution >= 4 is 9.84 Å². The van der Waals surface area contributed by atoms with Gasteiger partial charge in [0, 0.05) is 0 Å². The first-order valence-electron chi connectivity index (χ1n) is 10.9. The molecule has 0 aromatic carbocycles. The number of sulfone groups is 1. The van der Waals surface area contributed by atoms with E-state index in [9.17, 15) is 8.42 Å². The fourth-order valence-electron chi connectivity index (χ4n) is 3.79. The van der Waals surface area contributed by atoms with Crippen LogP contribution in [0.2, 0.25) is 0 Å². The summed E-state index contributed by atoms with van der Waals surface area (Å²) >= 11 is 0. The highest BCUT2D eigenvalue weighted by Crippen LogP contribution is 2.25. The minimum absolute atomic E-state index is 0.393. The van der Waals surface area contributed by atoms with E-state index in [4.69, 9.17) is 0 Å². The quantitative estimate of drug-likeness (QED) is 0.295. The van der Waals surface area contributed by atoms with Crippen LogP contribution in [0.4, 0.5) is 0 Å². The lowest BCUT2D eigenvalue weighted by Gasteiger charge is -2.21. The average molecular weight is 375 g/mol. The molecule has 0 aliphatic rings. The molecule has 0 spiro atoms. The second kappa shape index (κ2) is 14.1. The molecule has 0 aromatic heterocycles. The summed E-state index contributed by atoms with van der Waals surface area (Å²) in [6.45, 7) is 13.6. The van der Waals surface area contributed by atoms with Crippen molar-refractivity contribution in [3.05, 3.63) is 0 Å². The first kappa shape index (κ1) is 24.9. The summed E-state index contributed by atoms with van der Waals surface area (Å²) in [4.78, 5) is 0. The molecule has 2 atom stereocenters. The van der Waals surface area contributed by atoms with Gasteiger partial charge in [0.05, 0.1) is 11.5 Å². The minimum atomic E-state index is -2.87. The van der Waals surface area contributed by atoms with Crippen LogP contribution in [0.15, 0.2) is 0 Å². The summed E-state index contributed by atoms with van der Waals surface area (Å²) in [5.74, 6) is 3.50. The van der Waals surface area contributed by atoms with Crippen LogP contribution >= 0.6 is 0 Å². The van der Waals surface area contributed by atoms with Crippen LogP contribution < -0.4 is 0 Å². The summed E-state index contributed by atoms with van der Waals surface area (Å²) in [7, 11) is -2.87. The van der Waals surface area contributed by atoms with Crippen LogP contribution in [0.1, 0.15) is 106 Å². The highest BCUT2D eigenvalue weighted by atomic mass is 32.2. The molecular formula is C22H46O2S.